The summed E-state index contributed by atoms with van der Waals surface area (Å²) < 4.78 is 47.9. The Balaban J connectivity index is 2.49. The number of hydrogen-bond acceptors (Lipinski definition) is 5. The van der Waals surface area contributed by atoms with E-state index < -0.39 is 19.9 Å². The molecule has 6 nitrogen and oxygen atoms in total. The Morgan fingerprint density at radius 3 is 2.25 bits per heavy atom. The zero-order valence-electron chi connectivity index (χ0n) is 13.0. The third kappa shape index (κ3) is 4.35. The highest BCUT2D eigenvalue weighted by Gasteiger charge is 2.20. The van der Waals surface area contributed by atoms with Crippen LogP contribution in [0, 0.1) is 0 Å². The Bertz CT molecular complexity index is 973. The van der Waals surface area contributed by atoms with Crippen LogP contribution < -0.4 is 10.5 Å². The van der Waals surface area contributed by atoms with E-state index in [0.717, 1.165) is 22.4 Å². The second kappa shape index (κ2) is 6.83. The summed E-state index contributed by atoms with van der Waals surface area (Å²) in [6.45, 7) is 1.87. The van der Waals surface area contributed by atoms with Gasteiger partial charge in [-0.2, -0.15) is 0 Å². The van der Waals surface area contributed by atoms with Crippen LogP contribution >= 0.6 is 15.9 Å². The van der Waals surface area contributed by atoms with Crippen LogP contribution in [0.3, 0.4) is 0 Å². The van der Waals surface area contributed by atoms with Gasteiger partial charge in [-0.3, -0.25) is 0 Å². The first-order valence-corrected chi connectivity index (χ1v) is 11.1. The lowest BCUT2D eigenvalue weighted by Gasteiger charge is -2.19. The van der Waals surface area contributed by atoms with Gasteiger partial charge in [-0.25, -0.2) is 22.0 Å². The molecule has 130 valence electrons. The van der Waals surface area contributed by atoms with Crippen LogP contribution in [0.25, 0.3) is 0 Å². The summed E-state index contributed by atoms with van der Waals surface area (Å²) in [4.78, 5) is -0.366. The molecule has 0 amide bonds. The molecule has 2 rings (SSSR count). The van der Waals surface area contributed by atoms with Crippen LogP contribution in [0.4, 0.5) is 5.69 Å². The number of primary sulfonamides is 1. The van der Waals surface area contributed by atoms with Crippen LogP contribution in [0.1, 0.15) is 18.5 Å². The highest BCUT2D eigenvalue weighted by atomic mass is 79.9. The molecule has 0 aliphatic heterocycles. The molecule has 0 aliphatic rings. The van der Waals surface area contributed by atoms with Gasteiger partial charge in [0, 0.05) is 16.8 Å². The number of hydrogen-bond donors (Lipinski definition) is 2. The van der Waals surface area contributed by atoms with E-state index in [0.29, 0.717) is 5.69 Å². The Hall–Kier alpha value is -1.42. The average molecular weight is 433 g/mol. The molecule has 3 N–H and O–H groups in total. The number of halogens is 1. The summed E-state index contributed by atoms with van der Waals surface area (Å²) in [5.41, 5.74) is 1.25. The molecule has 1 unspecified atom stereocenters. The lowest BCUT2D eigenvalue weighted by molar-refractivity contribution is 0.597. The van der Waals surface area contributed by atoms with Gasteiger partial charge in [-0.15, -0.1) is 0 Å². The number of sulfone groups is 1. The fourth-order valence-electron chi connectivity index (χ4n) is 2.24. The molecule has 0 saturated carbocycles. The molecule has 0 heterocycles. The minimum absolute atomic E-state index is 0.118. The summed E-state index contributed by atoms with van der Waals surface area (Å²) in [5.74, 6) is 0. The summed E-state index contributed by atoms with van der Waals surface area (Å²) in [6.07, 6.45) is 1.02. The average Bonchev–Trinajstić information content (AvgIpc) is 2.45. The maximum absolute atomic E-state index is 12.0. The van der Waals surface area contributed by atoms with Crippen molar-refractivity contribution in [1.82, 2.24) is 0 Å². The van der Waals surface area contributed by atoms with Crippen molar-refractivity contribution in [3.8, 4) is 0 Å². The second-order valence-electron chi connectivity index (χ2n) is 5.36. The Labute approximate surface area is 150 Å². The molecule has 0 fully saturated rings. The first-order chi connectivity index (χ1) is 11.0. The largest absolute Gasteiger partial charge is 0.377 e. The molecule has 9 heteroatoms. The van der Waals surface area contributed by atoms with Gasteiger partial charge in [0.05, 0.1) is 15.5 Å². The van der Waals surface area contributed by atoms with Gasteiger partial charge in [-0.1, -0.05) is 34.1 Å². The number of nitrogens with two attached hydrogens (primary N) is 1. The van der Waals surface area contributed by atoms with E-state index in [-0.39, 0.29) is 15.8 Å². The third-order valence-corrected chi connectivity index (χ3v) is 6.19. The highest BCUT2D eigenvalue weighted by Crippen LogP contribution is 2.30. The Kier molecular flexibility index (Phi) is 5.38. The lowest BCUT2D eigenvalue weighted by Crippen LogP contribution is -2.15. The number of nitrogens with one attached hydrogen (secondary N) is 1. The highest BCUT2D eigenvalue weighted by molar-refractivity contribution is 9.10. The van der Waals surface area contributed by atoms with Gasteiger partial charge in [0.1, 0.15) is 0 Å². The van der Waals surface area contributed by atoms with E-state index >= 15 is 0 Å². The van der Waals surface area contributed by atoms with Crippen molar-refractivity contribution in [2.24, 2.45) is 5.14 Å². The topological polar surface area (TPSA) is 106 Å². The standard InChI is InChI=1S/C15H17BrN2O4S2/c1-10(12-5-3-4-6-13(12)16)18-14-8-7-11(24(17,21)22)9-15(14)23(2,19)20/h3-10,18H,1-2H3,(H2,17,21,22). The zero-order chi connectivity index (χ0) is 18.1. The molecule has 24 heavy (non-hydrogen) atoms. The van der Waals surface area contributed by atoms with E-state index in [2.05, 4.69) is 21.2 Å². The SMILES string of the molecule is CC(Nc1ccc(S(N)(=O)=O)cc1S(C)(=O)=O)c1ccccc1Br. The minimum Gasteiger partial charge on any atom is -0.377 e. The smallest absolute Gasteiger partial charge is 0.238 e. The molecule has 0 bridgehead atoms. The lowest BCUT2D eigenvalue weighted by atomic mass is 10.1. The number of anilines is 1. The van der Waals surface area contributed by atoms with Gasteiger partial charge >= 0.3 is 0 Å². The molecule has 1 atom stereocenters. The number of sulfonamides is 1. The Morgan fingerprint density at radius 2 is 1.71 bits per heavy atom. The molecule has 0 spiro atoms. The van der Waals surface area contributed by atoms with Crippen LogP contribution in [0.5, 0.6) is 0 Å². The second-order valence-corrected chi connectivity index (χ2v) is 9.76. The molecule has 2 aromatic rings. The van der Waals surface area contributed by atoms with E-state index in [1.54, 1.807) is 0 Å². The molecule has 0 aliphatic carbocycles. The maximum Gasteiger partial charge on any atom is 0.238 e. The molecule has 2 aromatic carbocycles. The van der Waals surface area contributed by atoms with Gasteiger partial charge < -0.3 is 5.32 Å². The van der Waals surface area contributed by atoms with Crippen LogP contribution in [0.15, 0.2) is 56.7 Å². The first-order valence-electron chi connectivity index (χ1n) is 6.88. The molecule has 0 aromatic heterocycles. The van der Waals surface area contributed by atoms with Gasteiger partial charge in [-0.05, 0) is 36.8 Å². The van der Waals surface area contributed by atoms with Gasteiger partial charge in [0.2, 0.25) is 10.0 Å². The zero-order valence-corrected chi connectivity index (χ0v) is 16.2. The summed E-state index contributed by atoms with van der Waals surface area (Å²) >= 11 is 3.45. The van der Waals surface area contributed by atoms with Crippen LogP contribution in [0.2, 0.25) is 0 Å². The van der Waals surface area contributed by atoms with Crippen molar-refractivity contribution < 1.29 is 16.8 Å². The first kappa shape index (κ1) is 18.9. The van der Waals surface area contributed by atoms with E-state index in [9.17, 15) is 16.8 Å². The third-order valence-electron chi connectivity index (χ3n) is 3.42. The predicted octanol–water partition coefficient (Wildman–Crippen LogP) is 2.67. The van der Waals surface area contributed by atoms with E-state index in [1.807, 2.05) is 31.2 Å². The minimum atomic E-state index is -3.99. The predicted molar refractivity (Wildman–Crippen MR) is 97.1 cm³/mol. The van der Waals surface area contributed by atoms with E-state index in [4.69, 9.17) is 5.14 Å². The molecule has 0 saturated heterocycles. The molecule has 0 radical (unpaired) electrons. The van der Waals surface area contributed by atoms with Crippen molar-refractivity contribution in [2.75, 3.05) is 11.6 Å². The maximum atomic E-state index is 12.0. The summed E-state index contributed by atoms with van der Waals surface area (Å²) in [5, 5.41) is 8.19. The monoisotopic (exact) mass is 432 g/mol. The van der Waals surface area contributed by atoms with Crippen molar-refractivity contribution in [1.29, 1.82) is 0 Å². The fourth-order valence-corrected chi connectivity index (χ4v) is 4.35. The Morgan fingerprint density at radius 1 is 1.08 bits per heavy atom. The van der Waals surface area contributed by atoms with E-state index in [1.165, 1.54) is 12.1 Å². The van der Waals surface area contributed by atoms with Crippen molar-refractivity contribution in [3.05, 3.63) is 52.5 Å². The van der Waals surface area contributed by atoms with Crippen LogP contribution in [-0.4, -0.2) is 23.1 Å². The normalized spacial score (nSPS) is 13.5. The fraction of sp³-hybridized carbons (Fsp3) is 0.200. The molecular weight excluding hydrogens is 416 g/mol. The van der Waals surface area contributed by atoms with Crippen LogP contribution in [-0.2, 0) is 19.9 Å². The summed E-state index contributed by atoms with van der Waals surface area (Å²) in [7, 11) is -7.64. The number of rotatable bonds is 5. The molecular formula is C15H17BrN2O4S2. The number of benzene rings is 2. The van der Waals surface area contributed by atoms with Crippen molar-refractivity contribution >= 4 is 41.5 Å². The van der Waals surface area contributed by atoms with Gasteiger partial charge in [0.25, 0.3) is 0 Å². The van der Waals surface area contributed by atoms with Crippen molar-refractivity contribution in [2.45, 2.75) is 22.8 Å². The van der Waals surface area contributed by atoms with Crippen molar-refractivity contribution in [3.63, 3.8) is 0 Å². The van der Waals surface area contributed by atoms with Gasteiger partial charge in [0.15, 0.2) is 9.84 Å². The quantitative estimate of drug-likeness (QED) is 0.754. The summed E-state index contributed by atoms with van der Waals surface area (Å²) in [6, 6.07) is 11.1.